The summed E-state index contributed by atoms with van der Waals surface area (Å²) in [7, 11) is 0. The highest BCUT2D eigenvalue weighted by atomic mass is 19.1. The molecule has 0 aliphatic carbocycles. The van der Waals surface area contributed by atoms with Crippen LogP contribution < -0.4 is 5.32 Å². The van der Waals surface area contributed by atoms with E-state index >= 15 is 0 Å². The summed E-state index contributed by atoms with van der Waals surface area (Å²) in [6, 6.07) is 6.50. The molecule has 5 nitrogen and oxygen atoms in total. The second-order valence-electron chi connectivity index (χ2n) is 7.98. The highest BCUT2D eigenvalue weighted by Crippen LogP contribution is 2.20. The number of hydrogen-bond donors (Lipinski definition) is 1. The van der Waals surface area contributed by atoms with Crippen molar-refractivity contribution in [2.75, 3.05) is 32.7 Å². The van der Waals surface area contributed by atoms with E-state index in [1.807, 2.05) is 4.90 Å². The van der Waals surface area contributed by atoms with Gasteiger partial charge < -0.3 is 10.2 Å². The minimum Gasteiger partial charge on any atom is -0.356 e. The molecule has 2 heterocycles. The van der Waals surface area contributed by atoms with Crippen molar-refractivity contribution in [3.05, 3.63) is 35.6 Å². The Morgan fingerprint density at radius 1 is 1.00 bits per heavy atom. The molecule has 1 aromatic carbocycles. The van der Waals surface area contributed by atoms with Crippen LogP contribution in [-0.2, 0) is 16.0 Å². The van der Waals surface area contributed by atoms with Gasteiger partial charge in [0.05, 0.1) is 6.42 Å². The fraction of sp³-hybridized carbons (Fsp3) is 0.636. The van der Waals surface area contributed by atoms with Crippen molar-refractivity contribution in [3.63, 3.8) is 0 Å². The van der Waals surface area contributed by atoms with E-state index in [0.29, 0.717) is 32.0 Å². The lowest BCUT2D eigenvalue weighted by atomic mass is 9.98. The Bertz CT molecular complexity index is 650. The molecule has 2 aliphatic heterocycles. The third-order valence-corrected chi connectivity index (χ3v) is 5.84. The van der Waals surface area contributed by atoms with Gasteiger partial charge in [0.2, 0.25) is 11.8 Å². The summed E-state index contributed by atoms with van der Waals surface area (Å²) < 4.78 is 13.1. The maximum absolute atomic E-state index is 13.1. The standard InChI is InChI=1S/C22H32FN3O2/c23-19-9-7-18(8-10-19)16-22(28)26-13-4-2-11-24-21(27)17-20-6-1-3-12-25(20)14-5-15-26/h7-10,20H,1-6,11-17H2,(H,24,27). The number of piperidine rings is 1. The van der Waals surface area contributed by atoms with E-state index in [9.17, 15) is 14.0 Å². The molecule has 0 bridgehead atoms. The van der Waals surface area contributed by atoms with Crippen molar-refractivity contribution in [2.45, 2.75) is 57.4 Å². The summed E-state index contributed by atoms with van der Waals surface area (Å²) in [5.74, 6) is -0.0298. The third-order valence-electron chi connectivity index (χ3n) is 5.84. The Morgan fingerprint density at radius 3 is 2.54 bits per heavy atom. The number of fused-ring (bicyclic) bond motifs is 1. The molecule has 2 amide bonds. The fourth-order valence-electron chi connectivity index (χ4n) is 4.24. The van der Waals surface area contributed by atoms with Crippen LogP contribution >= 0.6 is 0 Å². The summed E-state index contributed by atoms with van der Waals surface area (Å²) in [6.07, 6.45) is 7.04. The first-order chi connectivity index (χ1) is 13.6. The predicted molar refractivity (Wildman–Crippen MR) is 107 cm³/mol. The molecule has 0 radical (unpaired) electrons. The minimum atomic E-state index is -0.281. The van der Waals surface area contributed by atoms with Gasteiger partial charge in [-0.05, 0) is 56.3 Å². The maximum Gasteiger partial charge on any atom is 0.226 e. The number of carbonyl (C=O) groups excluding carboxylic acids is 2. The number of halogens is 1. The number of nitrogens with zero attached hydrogens (tertiary/aromatic N) is 2. The predicted octanol–water partition coefficient (Wildman–Crippen LogP) is 2.74. The van der Waals surface area contributed by atoms with Gasteiger partial charge in [-0.1, -0.05) is 18.6 Å². The number of rotatable bonds is 2. The molecule has 0 aromatic heterocycles. The van der Waals surface area contributed by atoms with Gasteiger partial charge in [-0.2, -0.15) is 0 Å². The van der Waals surface area contributed by atoms with Gasteiger partial charge in [-0.15, -0.1) is 0 Å². The molecule has 2 saturated heterocycles. The third kappa shape index (κ3) is 6.30. The van der Waals surface area contributed by atoms with E-state index in [2.05, 4.69) is 10.2 Å². The second kappa shape index (κ2) is 10.6. The van der Waals surface area contributed by atoms with Crippen LogP contribution in [0.2, 0.25) is 0 Å². The molecule has 28 heavy (non-hydrogen) atoms. The molecular formula is C22H32FN3O2. The van der Waals surface area contributed by atoms with E-state index in [0.717, 1.165) is 50.9 Å². The number of carbonyl (C=O) groups is 2. The second-order valence-corrected chi connectivity index (χ2v) is 7.98. The van der Waals surface area contributed by atoms with Crippen LogP contribution in [0.3, 0.4) is 0 Å². The quantitative estimate of drug-likeness (QED) is 0.846. The number of hydrogen-bond acceptors (Lipinski definition) is 3. The first-order valence-corrected chi connectivity index (χ1v) is 10.6. The average molecular weight is 390 g/mol. The number of nitrogens with one attached hydrogen (secondary N) is 1. The van der Waals surface area contributed by atoms with Gasteiger partial charge >= 0.3 is 0 Å². The van der Waals surface area contributed by atoms with Crippen molar-refractivity contribution in [1.29, 1.82) is 0 Å². The van der Waals surface area contributed by atoms with Crippen molar-refractivity contribution in [3.8, 4) is 0 Å². The maximum atomic E-state index is 13.1. The van der Waals surface area contributed by atoms with Crippen LogP contribution in [0.4, 0.5) is 4.39 Å². The van der Waals surface area contributed by atoms with E-state index < -0.39 is 0 Å². The molecule has 0 spiro atoms. The lowest BCUT2D eigenvalue weighted by Crippen LogP contribution is -2.44. The topological polar surface area (TPSA) is 52.7 Å². The highest BCUT2D eigenvalue weighted by molar-refractivity contribution is 5.78. The zero-order chi connectivity index (χ0) is 19.8. The van der Waals surface area contributed by atoms with Gasteiger partial charge in [-0.25, -0.2) is 4.39 Å². The molecule has 2 fully saturated rings. The Morgan fingerprint density at radius 2 is 1.71 bits per heavy atom. The lowest BCUT2D eigenvalue weighted by molar-refractivity contribution is -0.130. The molecule has 154 valence electrons. The molecule has 2 aliphatic rings. The van der Waals surface area contributed by atoms with Gasteiger partial charge in [0.25, 0.3) is 0 Å². The Labute approximate surface area is 167 Å². The van der Waals surface area contributed by atoms with Crippen LogP contribution in [0, 0.1) is 5.82 Å². The molecule has 6 heteroatoms. The zero-order valence-electron chi connectivity index (χ0n) is 16.7. The highest BCUT2D eigenvalue weighted by Gasteiger charge is 2.25. The van der Waals surface area contributed by atoms with Gasteiger partial charge in [0.1, 0.15) is 5.82 Å². The van der Waals surface area contributed by atoms with Crippen LogP contribution in [0.5, 0.6) is 0 Å². The Balaban J connectivity index is 1.60. The van der Waals surface area contributed by atoms with Gasteiger partial charge in [-0.3, -0.25) is 14.5 Å². The molecule has 0 saturated carbocycles. The smallest absolute Gasteiger partial charge is 0.226 e. The van der Waals surface area contributed by atoms with E-state index in [-0.39, 0.29) is 17.6 Å². The fourth-order valence-corrected chi connectivity index (χ4v) is 4.24. The number of amides is 2. The summed E-state index contributed by atoms with van der Waals surface area (Å²) >= 11 is 0. The number of benzene rings is 1. The SMILES string of the molecule is O=C1CC2CCCCN2CCCN(C(=O)Cc2ccc(F)cc2)CCCCN1. The molecule has 1 aromatic rings. The minimum absolute atomic E-state index is 0.0979. The normalized spacial score (nSPS) is 23.0. The average Bonchev–Trinajstić information content (AvgIpc) is 2.70. The zero-order valence-corrected chi connectivity index (χ0v) is 16.7. The molecule has 1 atom stereocenters. The van der Waals surface area contributed by atoms with Gasteiger partial charge in [0.15, 0.2) is 0 Å². The van der Waals surface area contributed by atoms with Crippen LogP contribution in [0.15, 0.2) is 24.3 Å². The van der Waals surface area contributed by atoms with E-state index in [1.165, 1.54) is 25.0 Å². The Kier molecular flexibility index (Phi) is 7.83. The first kappa shape index (κ1) is 20.8. The molecular weight excluding hydrogens is 357 g/mol. The largest absolute Gasteiger partial charge is 0.356 e. The summed E-state index contributed by atoms with van der Waals surface area (Å²) in [5.41, 5.74) is 0.845. The van der Waals surface area contributed by atoms with Crippen molar-refractivity contribution in [1.82, 2.24) is 15.1 Å². The van der Waals surface area contributed by atoms with Crippen LogP contribution in [0.25, 0.3) is 0 Å². The lowest BCUT2D eigenvalue weighted by Gasteiger charge is -2.35. The van der Waals surface area contributed by atoms with Crippen LogP contribution in [0.1, 0.15) is 50.5 Å². The van der Waals surface area contributed by atoms with E-state index in [4.69, 9.17) is 0 Å². The van der Waals surface area contributed by atoms with Crippen molar-refractivity contribution >= 4 is 11.8 Å². The summed E-state index contributed by atoms with van der Waals surface area (Å²) in [4.78, 5) is 29.4. The summed E-state index contributed by atoms with van der Waals surface area (Å²) in [5, 5.41) is 3.04. The van der Waals surface area contributed by atoms with Crippen molar-refractivity contribution < 1.29 is 14.0 Å². The molecule has 1 N–H and O–H groups in total. The Hall–Kier alpha value is -1.95. The summed E-state index contributed by atoms with van der Waals surface area (Å²) in [6.45, 7) is 4.09. The first-order valence-electron chi connectivity index (χ1n) is 10.6. The van der Waals surface area contributed by atoms with Gasteiger partial charge in [0, 0.05) is 38.6 Å². The molecule has 3 rings (SSSR count). The van der Waals surface area contributed by atoms with Crippen LogP contribution in [-0.4, -0.2) is 60.4 Å². The monoisotopic (exact) mass is 389 g/mol. The molecule has 1 unspecified atom stereocenters. The van der Waals surface area contributed by atoms with E-state index in [1.54, 1.807) is 12.1 Å². The van der Waals surface area contributed by atoms with Crippen molar-refractivity contribution in [2.24, 2.45) is 0 Å².